The average Bonchev–Trinajstić information content (AvgIpc) is 1.60. The van der Waals surface area contributed by atoms with Gasteiger partial charge in [-0.05, 0) is 0 Å². The Morgan fingerprint density at radius 2 is 1.88 bits per heavy atom. The van der Waals surface area contributed by atoms with E-state index in [1.807, 2.05) is 0 Å². The van der Waals surface area contributed by atoms with Crippen LogP contribution in [0.2, 0.25) is 0 Å². The van der Waals surface area contributed by atoms with Crippen molar-refractivity contribution in [1.82, 2.24) is 5.32 Å². The van der Waals surface area contributed by atoms with Gasteiger partial charge in [-0.15, -0.1) is 0 Å². The second-order valence-corrected chi connectivity index (χ2v) is 1.94. The molecule has 0 atom stereocenters. The van der Waals surface area contributed by atoms with Crippen molar-refractivity contribution in [3.05, 3.63) is 0 Å². The molecule has 0 radical (unpaired) electrons. The van der Waals surface area contributed by atoms with Crippen LogP contribution in [0.5, 0.6) is 0 Å². The highest BCUT2D eigenvalue weighted by Gasteiger charge is 2.46. The van der Waals surface area contributed by atoms with Gasteiger partial charge in [0, 0.05) is 13.1 Å². The second kappa shape index (κ2) is 1.62. The van der Waals surface area contributed by atoms with Crippen LogP contribution >= 0.6 is 0 Å². The molecule has 0 saturated carbocycles. The maximum atomic E-state index is 12.2. The molecule has 1 aliphatic heterocycles. The minimum Gasteiger partial charge on any atom is -0.310 e. The smallest absolute Gasteiger partial charge is 0.274 e. The number of halogens is 3. The molecular formula is C4H6F3N. The summed E-state index contributed by atoms with van der Waals surface area (Å²) in [6.07, 6.45) is -2.83. The highest BCUT2D eigenvalue weighted by molar-refractivity contribution is 4.95. The van der Waals surface area contributed by atoms with Crippen LogP contribution in [0.3, 0.4) is 0 Å². The van der Waals surface area contributed by atoms with E-state index in [2.05, 4.69) is 5.32 Å². The molecule has 1 nitrogen and oxygen atoms in total. The summed E-state index contributed by atoms with van der Waals surface area (Å²) in [7, 11) is 0. The van der Waals surface area contributed by atoms with Crippen molar-refractivity contribution in [2.75, 3.05) is 13.1 Å². The summed E-state index contributed by atoms with van der Waals surface area (Å²) in [6, 6.07) is 0. The van der Waals surface area contributed by atoms with Crippen molar-refractivity contribution in [2.45, 2.75) is 12.1 Å². The van der Waals surface area contributed by atoms with Crippen LogP contribution in [0.1, 0.15) is 0 Å². The molecule has 1 aliphatic rings. The summed E-state index contributed by atoms with van der Waals surface area (Å²) in [6.45, 7) is -0.407. The fourth-order valence-corrected chi connectivity index (χ4v) is 0.518. The summed E-state index contributed by atoms with van der Waals surface area (Å²) in [4.78, 5) is 0. The van der Waals surface area contributed by atoms with E-state index in [1.54, 1.807) is 0 Å². The largest absolute Gasteiger partial charge is 0.310 e. The monoisotopic (exact) mass is 125 g/mol. The molecule has 48 valence electrons. The molecular weight excluding hydrogens is 119 g/mol. The van der Waals surface area contributed by atoms with Gasteiger partial charge in [0.15, 0.2) is 5.67 Å². The summed E-state index contributed by atoms with van der Waals surface area (Å²) in [5.41, 5.74) is -2.22. The van der Waals surface area contributed by atoms with Crippen molar-refractivity contribution in [3.63, 3.8) is 0 Å². The Morgan fingerprint density at radius 3 is 1.88 bits per heavy atom. The molecule has 1 saturated heterocycles. The predicted molar refractivity (Wildman–Crippen MR) is 22.7 cm³/mol. The van der Waals surface area contributed by atoms with Gasteiger partial charge in [-0.2, -0.15) is 0 Å². The molecule has 0 spiro atoms. The SMILES string of the molecule is FC(F)C1(F)CNC1. The van der Waals surface area contributed by atoms with Crippen LogP contribution in [0, 0.1) is 0 Å². The average molecular weight is 125 g/mol. The molecule has 0 bridgehead atoms. The predicted octanol–water partition coefficient (Wildman–Crippen LogP) is 0.563. The van der Waals surface area contributed by atoms with Crippen molar-refractivity contribution in [1.29, 1.82) is 0 Å². The van der Waals surface area contributed by atoms with E-state index in [4.69, 9.17) is 0 Å². The van der Waals surface area contributed by atoms with Gasteiger partial charge in [-0.3, -0.25) is 0 Å². The van der Waals surface area contributed by atoms with E-state index < -0.39 is 12.1 Å². The third-order valence-corrected chi connectivity index (χ3v) is 1.23. The molecule has 1 fully saturated rings. The summed E-state index contributed by atoms with van der Waals surface area (Å²) in [5.74, 6) is 0. The maximum absolute atomic E-state index is 12.2. The number of nitrogens with one attached hydrogen (secondary N) is 1. The quantitative estimate of drug-likeness (QED) is 0.540. The molecule has 8 heavy (non-hydrogen) atoms. The molecule has 1 N–H and O–H groups in total. The molecule has 0 aromatic carbocycles. The minimum absolute atomic E-state index is 0.204. The first-order valence-electron chi connectivity index (χ1n) is 2.33. The van der Waals surface area contributed by atoms with Crippen molar-refractivity contribution < 1.29 is 13.2 Å². The van der Waals surface area contributed by atoms with Crippen molar-refractivity contribution >= 4 is 0 Å². The Labute approximate surface area is 44.9 Å². The number of hydrogen-bond donors (Lipinski definition) is 1. The Balaban J connectivity index is 2.41. The zero-order valence-electron chi connectivity index (χ0n) is 4.13. The lowest BCUT2D eigenvalue weighted by atomic mass is 10.0. The van der Waals surface area contributed by atoms with Gasteiger partial charge in [0.1, 0.15) is 0 Å². The number of alkyl halides is 3. The van der Waals surface area contributed by atoms with E-state index >= 15 is 0 Å². The van der Waals surface area contributed by atoms with Crippen LogP contribution in [-0.2, 0) is 0 Å². The van der Waals surface area contributed by atoms with Gasteiger partial charge in [0.05, 0.1) is 0 Å². The van der Waals surface area contributed by atoms with Crippen LogP contribution in [-0.4, -0.2) is 25.2 Å². The summed E-state index contributed by atoms with van der Waals surface area (Å²) >= 11 is 0. The number of rotatable bonds is 1. The molecule has 0 aromatic heterocycles. The molecule has 0 unspecified atom stereocenters. The van der Waals surface area contributed by atoms with E-state index in [0.29, 0.717) is 0 Å². The summed E-state index contributed by atoms with van der Waals surface area (Å²) < 4.78 is 35.1. The Kier molecular flexibility index (Phi) is 1.19. The highest BCUT2D eigenvalue weighted by atomic mass is 19.3. The summed E-state index contributed by atoms with van der Waals surface area (Å²) in [5, 5.41) is 2.43. The zero-order valence-corrected chi connectivity index (χ0v) is 4.13. The van der Waals surface area contributed by atoms with Crippen molar-refractivity contribution in [2.24, 2.45) is 0 Å². The normalized spacial score (nSPS) is 25.5. The van der Waals surface area contributed by atoms with Crippen LogP contribution in [0.4, 0.5) is 13.2 Å². The Morgan fingerprint density at radius 1 is 1.38 bits per heavy atom. The van der Waals surface area contributed by atoms with E-state index in [-0.39, 0.29) is 13.1 Å². The first kappa shape index (κ1) is 5.88. The lowest BCUT2D eigenvalue weighted by Gasteiger charge is -2.33. The molecule has 1 heterocycles. The van der Waals surface area contributed by atoms with Crippen LogP contribution in [0.15, 0.2) is 0 Å². The van der Waals surface area contributed by atoms with Crippen LogP contribution < -0.4 is 5.32 Å². The van der Waals surface area contributed by atoms with Gasteiger partial charge < -0.3 is 5.32 Å². The highest BCUT2D eigenvalue weighted by Crippen LogP contribution is 2.24. The number of hydrogen-bond acceptors (Lipinski definition) is 1. The fraction of sp³-hybridized carbons (Fsp3) is 1.00. The lowest BCUT2D eigenvalue weighted by Crippen LogP contribution is -2.60. The topological polar surface area (TPSA) is 12.0 Å². The van der Waals surface area contributed by atoms with Gasteiger partial charge in [-0.25, -0.2) is 13.2 Å². The molecule has 4 heteroatoms. The third kappa shape index (κ3) is 0.686. The first-order chi connectivity index (χ1) is 3.65. The van der Waals surface area contributed by atoms with Crippen LogP contribution in [0.25, 0.3) is 0 Å². The Hall–Kier alpha value is -0.250. The van der Waals surface area contributed by atoms with Gasteiger partial charge in [0.25, 0.3) is 6.43 Å². The standard InChI is InChI=1S/C4H6F3N/c5-3(6)4(7)1-8-2-4/h3,8H,1-2H2. The van der Waals surface area contributed by atoms with E-state index in [0.717, 1.165) is 0 Å². The lowest BCUT2D eigenvalue weighted by molar-refractivity contribution is -0.0667. The zero-order chi connectivity index (χ0) is 6.20. The first-order valence-corrected chi connectivity index (χ1v) is 2.33. The van der Waals surface area contributed by atoms with Gasteiger partial charge >= 0.3 is 0 Å². The molecule has 0 aromatic rings. The fourth-order valence-electron chi connectivity index (χ4n) is 0.518. The molecule has 0 amide bonds. The molecule has 0 aliphatic carbocycles. The maximum Gasteiger partial charge on any atom is 0.274 e. The second-order valence-electron chi connectivity index (χ2n) is 1.94. The van der Waals surface area contributed by atoms with E-state index in [1.165, 1.54) is 0 Å². The molecule has 1 rings (SSSR count). The minimum atomic E-state index is -2.83. The van der Waals surface area contributed by atoms with Crippen molar-refractivity contribution in [3.8, 4) is 0 Å². The van der Waals surface area contributed by atoms with Gasteiger partial charge in [0.2, 0.25) is 0 Å². The van der Waals surface area contributed by atoms with E-state index in [9.17, 15) is 13.2 Å². The Bertz CT molecular complexity index is 89.3. The third-order valence-electron chi connectivity index (χ3n) is 1.23. The van der Waals surface area contributed by atoms with Gasteiger partial charge in [-0.1, -0.05) is 0 Å².